The molecule has 0 unspecified atom stereocenters. The van der Waals surface area contributed by atoms with E-state index in [2.05, 4.69) is 153 Å². The van der Waals surface area contributed by atoms with E-state index in [4.69, 9.17) is 0 Å². The summed E-state index contributed by atoms with van der Waals surface area (Å²) in [5, 5.41) is 5.56. The molecule has 1 aliphatic rings. The van der Waals surface area contributed by atoms with Crippen molar-refractivity contribution in [3.05, 3.63) is 139 Å². The van der Waals surface area contributed by atoms with Gasteiger partial charge in [-0.25, -0.2) is 12.2 Å². The normalized spacial score (nSPS) is 11.2. The summed E-state index contributed by atoms with van der Waals surface area (Å²) in [4.78, 5) is 5.18. The fourth-order valence-electron chi connectivity index (χ4n) is 6.24. The number of rotatable bonds is 16. The van der Waals surface area contributed by atoms with E-state index >= 15 is 0 Å². The topological polar surface area (TPSA) is 6.48 Å². The minimum absolute atomic E-state index is 0. The number of allylic oxidation sites excluding steroid dienone is 4. The zero-order valence-corrected chi connectivity index (χ0v) is 35.9. The Hall–Kier alpha value is -2.84. The van der Waals surface area contributed by atoms with Gasteiger partial charge in [0.05, 0.1) is 0 Å². The third-order valence-corrected chi connectivity index (χ3v) is 10.7. The van der Waals surface area contributed by atoms with Crippen LogP contribution < -0.4 is 34.6 Å². The Bertz CT molecular complexity index is 1620. The molecule has 5 aromatic rings. The number of anilines is 2. The molecule has 0 saturated heterocycles. The monoisotopic (exact) mass is 810 g/mol. The van der Waals surface area contributed by atoms with Crippen LogP contribution in [0, 0.1) is 6.08 Å². The van der Waals surface area contributed by atoms with Crippen molar-refractivity contribution < 1.29 is 49.0 Å². The predicted molar refractivity (Wildman–Crippen MR) is 219 cm³/mol. The molecule has 0 N–H and O–H groups in total. The van der Waals surface area contributed by atoms with Gasteiger partial charge in [0, 0.05) is 37.6 Å². The van der Waals surface area contributed by atoms with E-state index in [-0.39, 0.29) is 24.8 Å². The molecular formula is C47H58Cl2N2Zr-2. The summed E-state index contributed by atoms with van der Waals surface area (Å²) in [6.45, 7) is 13.8. The van der Waals surface area contributed by atoms with Crippen molar-refractivity contribution in [2.24, 2.45) is 0 Å². The quantitative estimate of drug-likeness (QED) is 0.103. The molecule has 0 spiro atoms. The number of hydrogen-bond acceptors (Lipinski definition) is 2. The van der Waals surface area contributed by atoms with E-state index in [9.17, 15) is 0 Å². The average molecular weight is 813 g/mol. The first-order valence-electron chi connectivity index (χ1n) is 19.1. The molecule has 0 aromatic heterocycles. The van der Waals surface area contributed by atoms with Gasteiger partial charge >= 0.3 is 99.2 Å². The van der Waals surface area contributed by atoms with Crippen molar-refractivity contribution in [2.45, 2.75) is 85.5 Å². The molecule has 0 heterocycles. The fourth-order valence-corrected chi connectivity index (χ4v) is 7.06. The average Bonchev–Trinajstić information content (AvgIpc) is 3.87. The van der Waals surface area contributed by atoms with Crippen molar-refractivity contribution in [3.8, 4) is 0 Å². The second kappa shape index (κ2) is 26.0. The van der Waals surface area contributed by atoms with E-state index in [1.165, 1.54) is 123 Å². The van der Waals surface area contributed by atoms with E-state index in [0.29, 0.717) is 0 Å². The van der Waals surface area contributed by atoms with Crippen LogP contribution in [0.1, 0.15) is 96.6 Å². The van der Waals surface area contributed by atoms with Gasteiger partial charge in [-0.15, -0.1) is 34.0 Å². The van der Waals surface area contributed by atoms with Gasteiger partial charge in [-0.05, 0) is 25.7 Å². The van der Waals surface area contributed by atoms with Crippen LogP contribution in [0.3, 0.4) is 0 Å². The van der Waals surface area contributed by atoms with Gasteiger partial charge in [0.15, 0.2) is 0 Å². The van der Waals surface area contributed by atoms with Crippen LogP contribution in [-0.2, 0) is 24.2 Å². The summed E-state index contributed by atoms with van der Waals surface area (Å²) in [5.74, 6) is 0. The number of halogens is 2. The Morgan fingerprint density at radius 2 is 1.00 bits per heavy atom. The molecule has 0 aliphatic heterocycles. The molecular weight excluding hydrogens is 755 g/mol. The first-order valence-corrected chi connectivity index (χ1v) is 20.4. The zero-order chi connectivity index (χ0) is 35.4. The van der Waals surface area contributed by atoms with Gasteiger partial charge in [0.2, 0.25) is 0 Å². The second-order valence-electron chi connectivity index (χ2n) is 13.2. The van der Waals surface area contributed by atoms with Gasteiger partial charge in [0.1, 0.15) is 0 Å². The van der Waals surface area contributed by atoms with E-state index in [1.807, 2.05) is 12.2 Å². The number of unbranched alkanes of at least 4 members (excludes halogenated alkanes) is 4. The summed E-state index contributed by atoms with van der Waals surface area (Å²) < 4.78 is 1.42. The molecule has 0 bridgehead atoms. The molecule has 0 amide bonds. The van der Waals surface area contributed by atoms with Crippen LogP contribution in [0.2, 0.25) is 0 Å². The van der Waals surface area contributed by atoms with E-state index in [1.54, 1.807) is 0 Å². The summed E-state index contributed by atoms with van der Waals surface area (Å²) in [7, 11) is 0. The molecule has 52 heavy (non-hydrogen) atoms. The van der Waals surface area contributed by atoms with Crippen LogP contribution in [-0.4, -0.2) is 29.4 Å². The Kier molecular flexibility index (Phi) is 22.7. The standard InChI is InChI=1S/C29H43N2.C13H10.C5H5.2ClH.Zr/c1-5-9-17-30(18-10-6-2)26-13-15-28-24(22-26)21-25-23-27(14-16-29(25)28)31(19-11-7-3)20-12-8-4;1-3-7-12(8-4-1)11-13-9-5-2-6-10-13;1-2-4-5-3-1;;;/h13-16,21-23H,5-12,17-20H2,1-4H3;1-10H;1-3H,4H2;2*1H;/q-1;;-1;;;+2/p-2. The predicted octanol–water partition coefficient (Wildman–Crippen LogP) is 6.64. The Morgan fingerprint density at radius 3 is 1.31 bits per heavy atom. The molecule has 1 aliphatic carbocycles. The van der Waals surface area contributed by atoms with Gasteiger partial charge in [-0.2, -0.15) is 6.08 Å². The third-order valence-electron chi connectivity index (χ3n) is 9.24. The molecule has 276 valence electrons. The summed E-state index contributed by atoms with van der Waals surface area (Å²) in [6, 6.07) is 37.7. The van der Waals surface area contributed by atoms with Gasteiger partial charge < -0.3 is 34.6 Å². The maximum atomic E-state index is 2.99. The number of benzene rings is 4. The number of hydrogen-bond donors (Lipinski definition) is 0. The van der Waals surface area contributed by atoms with Crippen LogP contribution in [0.4, 0.5) is 11.4 Å². The maximum absolute atomic E-state index is 2.99. The number of nitrogens with zero attached hydrogens (tertiary/aromatic N) is 2. The van der Waals surface area contributed by atoms with Crippen molar-refractivity contribution in [2.75, 3.05) is 36.0 Å². The van der Waals surface area contributed by atoms with Crippen molar-refractivity contribution in [1.29, 1.82) is 0 Å². The van der Waals surface area contributed by atoms with E-state index < -0.39 is 0 Å². The first-order chi connectivity index (χ1) is 24.6. The fraction of sp³-hybridized carbons (Fsp3) is 0.362. The molecule has 5 aromatic carbocycles. The van der Waals surface area contributed by atoms with Gasteiger partial charge in [0.25, 0.3) is 0 Å². The second-order valence-corrected chi connectivity index (χ2v) is 14.4. The van der Waals surface area contributed by atoms with Crippen LogP contribution in [0.25, 0.3) is 21.5 Å². The first kappa shape index (κ1) is 45.3. The zero-order valence-electron chi connectivity index (χ0n) is 31.9. The molecule has 0 radical (unpaired) electrons. The van der Waals surface area contributed by atoms with E-state index in [0.717, 1.165) is 32.6 Å². The van der Waals surface area contributed by atoms with Crippen LogP contribution in [0.15, 0.2) is 121 Å². The van der Waals surface area contributed by atoms with Crippen molar-refractivity contribution >= 4 is 36.1 Å². The Morgan fingerprint density at radius 1 is 0.596 bits per heavy atom. The molecule has 0 atom stereocenters. The van der Waals surface area contributed by atoms with Gasteiger partial charge in [-0.3, -0.25) is 6.08 Å². The third kappa shape index (κ3) is 14.2. The van der Waals surface area contributed by atoms with Crippen LogP contribution >= 0.6 is 0 Å². The molecule has 5 heteroatoms. The summed E-state index contributed by atoms with van der Waals surface area (Å²) in [5.41, 5.74) is 5.43. The molecule has 0 fully saturated rings. The number of fused-ring (bicyclic) bond motifs is 3. The Balaban J connectivity index is 0.000000366. The molecule has 6 rings (SSSR count). The summed E-state index contributed by atoms with van der Waals surface area (Å²) in [6.07, 6.45) is 20.1. The molecule has 2 nitrogen and oxygen atoms in total. The SMILES string of the molecule is CCCCN(CCCC)c1ccc2c(c1)[cH-]c1cc(N(CCCC)CCCC)ccc12.[C-]1=CC=CC1.[Cl-].[Cl-].[Zr+2]=[C](c1ccccc1)c1ccccc1. The van der Waals surface area contributed by atoms with Crippen LogP contribution in [0.5, 0.6) is 0 Å². The minimum atomic E-state index is 0. The van der Waals surface area contributed by atoms with Crippen molar-refractivity contribution in [1.82, 2.24) is 0 Å². The van der Waals surface area contributed by atoms with Crippen molar-refractivity contribution in [3.63, 3.8) is 0 Å². The Labute approximate surface area is 342 Å². The molecule has 0 saturated carbocycles. The van der Waals surface area contributed by atoms with Gasteiger partial charge in [-0.1, -0.05) is 89.8 Å². The summed E-state index contributed by atoms with van der Waals surface area (Å²) >= 11 is 1.46.